The van der Waals surface area contributed by atoms with E-state index in [4.69, 9.17) is 17.3 Å². The van der Waals surface area contributed by atoms with E-state index >= 15 is 0 Å². The third-order valence-corrected chi connectivity index (χ3v) is 5.79. The average molecular weight is 371 g/mol. The Morgan fingerprint density at radius 3 is 2.57 bits per heavy atom. The van der Waals surface area contributed by atoms with Gasteiger partial charge in [0.25, 0.3) is 0 Å². The van der Waals surface area contributed by atoms with Crippen LogP contribution in [0.25, 0.3) is 0 Å². The lowest BCUT2D eigenvalue weighted by Gasteiger charge is -2.34. The Morgan fingerprint density at radius 2 is 1.90 bits per heavy atom. The Hall–Kier alpha value is -0.740. The van der Waals surface area contributed by atoms with Crippen LogP contribution in [0.15, 0.2) is 27.7 Å². The molecule has 0 amide bonds. The molecule has 114 valence electrons. The maximum Gasteiger partial charge on any atom is 0.192 e. The van der Waals surface area contributed by atoms with Crippen LogP contribution in [-0.2, 0) is 0 Å². The minimum Gasteiger partial charge on any atom is -0.370 e. The summed E-state index contributed by atoms with van der Waals surface area (Å²) in [4.78, 5) is 6.85. The molecule has 1 aliphatic heterocycles. The van der Waals surface area contributed by atoms with Crippen molar-refractivity contribution in [1.82, 2.24) is 4.90 Å². The molecule has 0 bridgehead atoms. The summed E-state index contributed by atoms with van der Waals surface area (Å²) < 4.78 is 0.938. The molecule has 1 saturated carbocycles. The number of rotatable bonds is 2. The van der Waals surface area contributed by atoms with E-state index in [1.807, 2.05) is 6.07 Å². The highest BCUT2D eigenvalue weighted by molar-refractivity contribution is 9.10. The zero-order valence-corrected chi connectivity index (χ0v) is 14.4. The molecule has 5 heteroatoms. The maximum atomic E-state index is 6.19. The molecule has 1 unspecified atom stereocenters. The number of benzene rings is 1. The lowest BCUT2D eigenvalue weighted by atomic mass is 10.0. The van der Waals surface area contributed by atoms with Crippen LogP contribution in [0.1, 0.15) is 50.1 Å². The summed E-state index contributed by atoms with van der Waals surface area (Å²) in [6.45, 7) is 0.746. The molecule has 0 saturated heterocycles. The fourth-order valence-corrected chi connectivity index (χ4v) is 3.99. The lowest BCUT2D eigenvalue weighted by molar-refractivity contribution is 0.237. The highest BCUT2D eigenvalue weighted by atomic mass is 79.9. The van der Waals surface area contributed by atoms with Crippen molar-refractivity contribution in [1.29, 1.82) is 0 Å². The first-order valence-electron chi connectivity index (χ1n) is 7.70. The van der Waals surface area contributed by atoms with Crippen LogP contribution in [0.4, 0.5) is 0 Å². The molecule has 1 heterocycles. The van der Waals surface area contributed by atoms with Crippen LogP contribution in [0.5, 0.6) is 0 Å². The SMILES string of the molecule is NC1=NCC(c2ccc(Cl)c(Br)c2)N1C1CCCCCC1. The van der Waals surface area contributed by atoms with Gasteiger partial charge in [-0.1, -0.05) is 43.4 Å². The Balaban J connectivity index is 1.85. The molecule has 2 aliphatic rings. The molecule has 3 nitrogen and oxygen atoms in total. The maximum absolute atomic E-state index is 6.19. The van der Waals surface area contributed by atoms with Crippen molar-refractivity contribution in [2.45, 2.75) is 50.6 Å². The third-order valence-electron chi connectivity index (χ3n) is 4.57. The fourth-order valence-electron chi connectivity index (χ4n) is 3.47. The van der Waals surface area contributed by atoms with Gasteiger partial charge in [-0.15, -0.1) is 0 Å². The van der Waals surface area contributed by atoms with E-state index in [9.17, 15) is 0 Å². The zero-order chi connectivity index (χ0) is 14.8. The van der Waals surface area contributed by atoms with Crippen LogP contribution in [-0.4, -0.2) is 23.4 Å². The first kappa shape index (κ1) is 15.2. The Bertz CT molecular complexity index is 538. The van der Waals surface area contributed by atoms with Crippen molar-refractivity contribution in [2.24, 2.45) is 10.7 Å². The number of nitrogens with two attached hydrogens (primary N) is 1. The normalized spacial score (nSPS) is 24.0. The quantitative estimate of drug-likeness (QED) is 0.779. The predicted molar refractivity (Wildman–Crippen MR) is 91.7 cm³/mol. The number of hydrogen-bond acceptors (Lipinski definition) is 3. The lowest BCUT2D eigenvalue weighted by Crippen LogP contribution is -2.43. The highest BCUT2D eigenvalue weighted by Gasteiger charge is 2.33. The van der Waals surface area contributed by atoms with E-state index < -0.39 is 0 Å². The van der Waals surface area contributed by atoms with Gasteiger partial charge in [-0.25, -0.2) is 0 Å². The van der Waals surface area contributed by atoms with Gasteiger partial charge in [0.2, 0.25) is 0 Å². The Labute approximate surface area is 139 Å². The largest absolute Gasteiger partial charge is 0.370 e. The molecule has 0 spiro atoms. The van der Waals surface area contributed by atoms with Crippen LogP contribution < -0.4 is 5.73 Å². The second kappa shape index (κ2) is 6.57. The minimum atomic E-state index is 0.252. The van der Waals surface area contributed by atoms with Gasteiger partial charge in [0.15, 0.2) is 5.96 Å². The van der Waals surface area contributed by atoms with Crippen LogP contribution >= 0.6 is 27.5 Å². The topological polar surface area (TPSA) is 41.6 Å². The first-order chi connectivity index (χ1) is 10.2. The summed E-state index contributed by atoms with van der Waals surface area (Å²) in [5, 5.41) is 0.742. The van der Waals surface area contributed by atoms with Crippen LogP contribution in [0.3, 0.4) is 0 Å². The molecule has 1 aromatic carbocycles. The molecule has 2 N–H and O–H groups in total. The zero-order valence-electron chi connectivity index (χ0n) is 12.1. The number of hydrogen-bond donors (Lipinski definition) is 1. The van der Waals surface area contributed by atoms with Crippen molar-refractivity contribution in [3.8, 4) is 0 Å². The second-order valence-corrected chi connectivity index (χ2v) is 7.20. The Kier molecular flexibility index (Phi) is 4.75. The van der Waals surface area contributed by atoms with Gasteiger partial charge in [0, 0.05) is 10.5 Å². The molecule has 0 aromatic heterocycles. The van der Waals surface area contributed by atoms with E-state index in [2.05, 4.69) is 38.0 Å². The van der Waals surface area contributed by atoms with Gasteiger partial charge in [-0.3, -0.25) is 4.99 Å². The Morgan fingerprint density at radius 1 is 1.19 bits per heavy atom. The number of guanidine groups is 1. The van der Waals surface area contributed by atoms with Crippen molar-refractivity contribution >= 4 is 33.5 Å². The summed E-state index contributed by atoms with van der Waals surface area (Å²) in [5.41, 5.74) is 7.43. The molecule has 0 radical (unpaired) electrons. The van der Waals surface area contributed by atoms with Crippen LogP contribution in [0, 0.1) is 0 Å². The summed E-state index contributed by atoms with van der Waals surface area (Å²) >= 11 is 9.63. The minimum absolute atomic E-state index is 0.252. The molecule has 1 aromatic rings. The van der Waals surface area contributed by atoms with E-state index in [1.165, 1.54) is 44.1 Å². The van der Waals surface area contributed by atoms with Crippen molar-refractivity contribution in [3.05, 3.63) is 33.3 Å². The molecular formula is C16H21BrClN3. The van der Waals surface area contributed by atoms with Gasteiger partial charge in [-0.05, 0) is 46.5 Å². The number of nitrogens with zero attached hydrogens (tertiary/aromatic N) is 2. The van der Waals surface area contributed by atoms with Crippen molar-refractivity contribution in [2.75, 3.05) is 6.54 Å². The van der Waals surface area contributed by atoms with E-state index in [0.29, 0.717) is 12.0 Å². The monoisotopic (exact) mass is 369 g/mol. The third kappa shape index (κ3) is 3.21. The molecule has 3 rings (SSSR count). The number of halogens is 2. The van der Waals surface area contributed by atoms with Crippen molar-refractivity contribution < 1.29 is 0 Å². The first-order valence-corrected chi connectivity index (χ1v) is 8.87. The highest BCUT2D eigenvalue weighted by Crippen LogP contribution is 2.35. The van der Waals surface area contributed by atoms with Gasteiger partial charge in [0.05, 0.1) is 17.6 Å². The standard InChI is InChI=1S/C16H21BrClN3/c17-13-9-11(7-8-14(13)18)15-10-20-16(19)21(15)12-5-3-1-2-4-6-12/h7-9,12,15H,1-6,10H2,(H2,19,20). The smallest absolute Gasteiger partial charge is 0.192 e. The van der Waals surface area contributed by atoms with E-state index in [1.54, 1.807) is 0 Å². The summed E-state index contributed by atoms with van der Waals surface area (Å²) in [5.74, 6) is 0.706. The molecule has 1 fully saturated rings. The molecule has 1 aliphatic carbocycles. The predicted octanol–water partition coefficient (Wildman–Crippen LogP) is 4.50. The van der Waals surface area contributed by atoms with Gasteiger partial charge >= 0.3 is 0 Å². The summed E-state index contributed by atoms with van der Waals surface area (Å²) in [6.07, 6.45) is 7.73. The summed E-state index contributed by atoms with van der Waals surface area (Å²) in [7, 11) is 0. The van der Waals surface area contributed by atoms with Gasteiger partial charge in [0.1, 0.15) is 0 Å². The second-order valence-electron chi connectivity index (χ2n) is 5.94. The average Bonchev–Trinajstić information content (AvgIpc) is 2.69. The molecule has 21 heavy (non-hydrogen) atoms. The molecule has 1 atom stereocenters. The van der Waals surface area contributed by atoms with E-state index in [-0.39, 0.29) is 6.04 Å². The summed E-state index contributed by atoms with van der Waals surface area (Å²) in [6, 6.07) is 6.92. The van der Waals surface area contributed by atoms with E-state index in [0.717, 1.165) is 16.0 Å². The van der Waals surface area contributed by atoms with Crippen LogP contribution in [0.2, 0.25) is 5.02 Å². The van der Waals surface area contributed by atoms with Crippen molar-refractivity contribution in [3.63, 3.8) is 0 Å². The van der Waals surface area contributed by atoms with Gasteiger partial charge < -0.3 is 10.6 Å². The molecular weight excluding hydrogens is 350 g/mol. The van der Waals surface area contributed by atoms with Gasteiger partial charge in [-0.2, -0.15) is 0 Å². The number of aliphatic imine (C=N–C) groups is 1. The fraction of sp³-hybridized carbons (Fsp3) is 0.562.